The van der Waals surface area contributed by atoms with E-state index in [1.165, 1.54) is 5.56 Å². The number of hydrogen-bond acceptors (Lipinski definition) is 4. The average molecular weight is 524 g/mol. The van der Waals surface area contributed by atoms with Crippen LogP contribution < -0.4 is 16.0 Å². The summed E-state index contributed by atoms with van der Waals surface area (Å²) in [5.41, 5.74) is -0.761. The van der Waals surface area contributed by atoms with E-state index in [9.17, 15) is 27.6 Å². The Hall–Kier alpha value is -3.21. The molecule has 4 N–H and O–H groups in total. The minimum absolute atomic E-state index is 0.0705. The first-order valence-corrected chi connectivity index (χ1v) is 12.5. The highest BCUT2D eigenvalue weighted by Crippen LogP contribution is 2.32. The Kier molecular flexibility index (Phi) is 9.25. The van der Waals surface area contributed by atoms with Crippen LogP contribution in [0, 0.1) is 12.8 Å². The smallest absolute Gasteiger partial charge is 0.416 e. The number of anilines is 1. The molecule has 0 radical (unpaired) electrons. The van der Waals surface area contributed by atoms with Crippen molar-refractivity contribution in [2.45, 2.75) is 49.7 Å². The third kappa shape index (κ3) is 7.91. The van der Waals surface area contributed by atoms with Crippen molar-refractivity contribution in [3.05, 3.63) is 59.2 Å². The number of nitrogens with one attached hydrogen (secondary N) is 3. The molecule has 0 heterocycles. The number of carboxylic acid groups (broad SMARTS) is 1. The lowest BCUT2D eigenvalue weighted by molar-refractivity contribution is -0.137. The van der Waals surface area contributed by atoms with Crippen LogP contribution in [0.1, 0.15) is 47.2 Å². The molecule has 0 spiro atoms. The molecular formula is C25H28F3N3O4S. The second-order valence-corrected chi connectivity index (χ2v) is 9.81. The predicted octanol–water partition coefficient (Wildman–Crippen LogP) is 5.30. The van der Waals surface area contributed by atoms with Crippen LogP contribution in [0.3, 0.4) is 0 Å². The van der Waals surface area contributed by atoms with Crippen molar-refractivity contribution >= 4 is 35.4 Å². The predicted molar refractivity (Wildman–Crippen MR) is 131 cm³/mol. The summed E-state index contributed by atoms with van der Waals surface area (Å²) in [4.78, 5) is 37.3. The van der Waals surface area contributed by atoms with Crippen LogP contribution >= 0.6 is 11.8 Å². The van der Waals surface area contributed by atoms with Gasteiger partial charge in [-0.1, -0.05) is 30.5 Å². The number of amides is 3. The highest BCUT2D eigenvalue weighted by molar-refractivity contribution is 7.99. The van der Waals surface area contributed by atoms with E-state index in [2.05, 4.69) is 22.8 Å². The standard InChI is InChI=1S/C25H28F3N3O4S/c1-15-6-9-18(10-7-15)36-14-16-4-2-3-5-20(16)30-22(32)13-29-23(33)19-12-17(25(26,27)28)8-11-21(19)31-24(34)35/h6-12,16,20,31H,2-5,13-14H2,1H3,(H,29,33)(H,30,32)(H,34,35). The molecule has 3 rings (SSSR count). The molecule has 0 aromatic heterocycles. The second-order valence-electron chi connectivity index (χ2n) is 8.71. The zero-order valence-electron chi connectivity index (χ0n) is 19.7. The number of carbonyl (C=O) groups excluding carboxylic acids is 2. The normalized spacial score (nSPS) is 17.8. The lowest BCUT2D eigenvalue weighted by Crippen LogP contribution is -2.47. The Balaban J connectivity index is 1.59. The first-order chi connectivity index (χ1) is 17.0. The van der Waals surface area contributed by atoms with E-state index in [4.69, 9.17) is 5.11 Å². The first-order valence-electron chi connectivity index (χ1n) is 11.5. The highest BCUT2D eigenvalue weighted by atomic mass is 32.2. The monoisotopic (exact) mass is 523 g/mol. The lowest BCUT2D eigenvalue weighted by Gasteiger charge is -2.32. The summed E-state index contributed by atoms with van der Waals surface area (Å²) in [6.45, 7) is 1.58. The van der Waals surface area contributed by atoms with E-state index in [1.807, 2.05) is 24.4 Å². The van der Waals surface area contributed by atoms with E-state index in [-0.39, 0.29) is 17.6 Å². The molecule has 1 aliphatic carbocycles. The van der Waals surface area contributed by atoms with Gasteiger partial charge in [-0.3, -0.25) is 14.9 Å². The summed E-state index contributed by atoms with van der Waals surface area (Å²) in [6.07, 6.45) is -2.45. The number of halogens is 3. The Morgan fingerprint density at radius 2 is 1.75 bits per heavy atom. The van der Waals surface area contributed by atoms with Crippen molar-refractivity contribution < 1.29 is 32.7 Å². The number of aryl methyl sites for hydroxylation is 1. The number of hydrogen-bond donors (Lipinski definition) is 4. The minimum Gasteiger partial charge on any atom is -0.465 e. The van der Waals surface area contributed by atoms with Crippen molar-refractivity contribution in [3.8, 4) is 0 Å². The van der Waals surface area contributed by atoms with Crippen LogP contribution in [0.15, 0.2) is 47.4 Å². The molecule has 2 aromatic carbocycles. The summed E-state index contributed by atoms with van der Waals surface area (Å²) < 4.78 is 39.3. The van der Waals surface area contributed by atoms with E-state index in [0.717, 1.165) is 42.4 Å². The molecule has 2 aromatic rings. The van der Waals surface area contributed by atoms with Gasteiger partial charge in [0.15, 0.2) is 0 Å². The van der Waals surface area contributed by atoms with Gasteiger partial charge in [0, 0.05) is 16.7 Å². The summed E-state index contributed by atoms with van der Waals surface area (Å²) in [5.74, 6) is -0.371. The van der Waals surface area contributed by atoms with Gasteiger partial charge in [0.1, 0.15) is 0 Å². The Labute approximate surface area is 211 Å². The third-order valence-corrected chi connectivity index (χ3v) is 7.18. The maximum absolute atomic E-state index is 13.1. The van der Waals surface area contributed by atoms with E-state index >= 15 is 0 Å². The lowest BCUT2D eigenvalue weighted by atomic mass is 9.86. The number of carbonyl (C=O) groups is 3. The van der Waals surface area contributed by atoms with Crippen molar-refractivity contribution in [3.63, 3.8) is 0 Å². The van der Waals surface area contributed by atoms with Crippen molar-refractivity contribution in [2.75, 3.05) is 17.6 Å². The Morgan fingerprint density at radius 3 is 2.42 bits per heavy atom. The minimum atomic E-state index is -4.72. The van der Waals surface area contributed by atoms with E-state index in [0.29, 0.717) is 12.1 Å². The molecule has 11 heteroatoms. The number of benzene rings is 2. The van der Waals surface area contributed by atoms with Crippen LogP contribution in [-0.2, 0) is 11.0 Å². The quantitative estimate of drug-likeness (QED) is 0.351. The van der Waals surface area contributed by atoms with Gasteiger partial charge in [0.25, 0.3) is 5.91 Å². The molecule has 7 nitrogen and oxygen atoms in total. The second kappa shape index (κ2) is 12.2. The van der Waals surface area contributed by atoms with Gasteiger partial charge >= 0.3 is 12.3 Å². The molecule has 1 saturated carbocycles. The Morgan fingerprint density at radius 1 is 1.06 bits per heavy atom. The molecule has 1 aliphatic rings. The van der Waals surface area contributed by atoms with Gasteiger partial charge in [-0.15, -0.1) is 11.8 Å². The molecule has 36 heavy (non-hydrogen) atoms. The van der Waals surface area contributed by atoms with Crippen LogP contribution in [0.5, 0.6) is 0 Å². The van der Waals surface area contributed by atoms with Gasteiger partial charge in [0.2, 0.25) is 5.91 Å². The molecule has 3 amide bonds. The molecular weight excluding hydrogens is 495 g/mol. The van der Waals surface area contributed by atoms with Crippen molar-refractivity contribution in [2.24, 2.45) is 5.92 Å². The van der Waals surface area contributed by atoms with E-state index in [1.54, 1.807) is 11.8 Å². The maximum Gasteiger partial charge on any atom is 0.416 e. The molecule has 0 aliphatic heterocycles. The average Bonchev–Trinajstić information content (AvgIpc) is 2.82. The maximum atomic E-state index is 13.1. The molecule has 1 fully saturated rings. The zero-order chi connectivity index (χ0) is 26.3. The molecule has 2 unspecified atom stereocenters. The van der Waals surface area contributed by atoms with Gasteiger partial charge < -0.3 is 15.7 Å². The van der Waals surface area contributed by atoms with Gasteiger partial charge in [0.05, 0.1) is 23.4 Å². The Bertz CT molecular complexity index is 1090. The van der Waals surface area contributed by atoms with Crippen molar-refractivity contribution in [1.29, 1.82) is 0 Å². The van der Waals surface area contributed by atoms with Gasteiger partial charge in [-0.25, -0.2) is 4.79 Å². The summed E-state index contributed by atoms with van der Waals surface area (Å²) in [6, 6.07) is 10.2. The number of thioether (sulfide) groups is 1. The fraction of sp³-hybridized carbons (Fsp3) is 0.400. The van der Waals surface area contributed by atoms with Gasteiger partial charge in [-0.05, 0) is 56.0 Å². The first kappa shape index (κ1) is 27.4. The summed E-state index contributed by atoms with van der Waals surface area (Å²) >= 11 is 1.72. The van der Waals surface area contributed by atoms with Gasteiger partial charge in [-0.2, -0.15) is 13.2 Å². The van der Waals surface area contributed by atoms with Crippen LogP contribution in [-0.4, -0.2) is 41.4 Å². The SMILES string of the molecule is Cc1ccc(SCC2CCCCC2NC(=O)CNC(=O)c2cc(C(F)(F)F)ccc2NC(=O)O)cc1. The number of rotatable bonds is 8. The molecule has 194 valence electrons. The summed E-state index contributed by atoms with van der Waals surface area (Å²) in [5, 5.41) is 16.1. The largest absolute Gasteiger partial charge is 0.465 e. The summed E-state index contributed by atoms with van der Waals surface area (Å²) in [7, 11) is 0. The topological polar surface area (TPSA) is 108 Å². The van der Waals surface area contributed by atoms with Crippen LogP contribution in [0.4, 0.5) is 23.7 Å². The zero-order valence-corrected chi connectivity index (χ0v) is 20.5. The van der Waals surface area contributed by atoms with E-state index < -0.39 is 41.8 Å². The van der Waals surface area contributed by atoms with Crippen LogP contribution in [0.2, 0.25) is 0 Å². The molecule has 0 saturated heterocycles. The molecule has 0 bridgehead atoms. The molecule has 2 atom stereocenters. The van der Waals surface area contributed by atoms with Crippen molar-refractivity contribution in [1.82, 2.24) is 10.6 Å². The fourth-order valence-corrected chi connectivity index (χ4v) is 5.22. The van der Waals surface area contributed by atoms with Crippen LogP contribution in [0.25, 0.3) is 0 Å². The third-order valence-electron chi connectivity index (χ3n) is 5.98. The highest BCUT2D eigenvalue weighted by Gasteiger charge is 2.32. The fourth-order valence-electron chi connectivity index (χ4n) is 4.08. The number of alkyl halides is 3.